The molecule has 0 fully saturated rings. The lowest BCUT2D eigenvalue weighted by molar-refractivity contribution is -0.516. The van der Waals surface area contributed by atoms with Crippen LogP contribution in [-0.4, -0.2) is 76.6 Å². The summed E-state index contributed by atoms with van der Waals surface area (Å²) in [7, 11) is 2.06. The molecule has 33 heavy (non-hydrogen) atoms. The molecule has 0 atom stereocenters. The molecule has 5 nitrogen and oxygen atoms in total. The smallest absolute Gasteiger partial charge is 0.269 e. The summed E-state index contributed by atoms with van der Waals surface area (Å²) < 4.78 is 7.92. The van der Waals surface area contributed by atoms with Crippen molar-refractivity contribution in [2.24, 2.45) is 0 Å². The summed E-state index contributed by atoms with van der Waals surface area (Å²) in [6, 6.07) is 0. The number of rotatable bonds is 11. The maximum atomic E-state index is 13.9. The zero-order valence-corrected chi connectivity index (χ0v) is 21.1. The number of fused-ring (bicyclic) bond motifs is 1. The van der Waals surface area contributed by atoms with Gasteiger partial charge in [-0.2, -0.15) is 0 Å². The van der Waals surface area contributed by atoms with E-state index < -0.39 is 0 Å². The first-order valence-corrected chi connectivity index (χ1v) is 11.7. The molecule has 1 aromatic rings. The number of hydrogen-bond acceptors (Lipinski definition) is 1. The summed E-state index contributed by atoms with van der Waals surface area (Å²) in [6.07, 6.45) is 6.15. The molecule has 1 aliphatic heterocycles. The quantitative estimate of drug-likeness (QED) is 0.286. The van der Waals surface area contributed by atoms with Crippen LogP contribution in [0.5, 0.6) is 0 Å². The van der Waals surface area contributed by atoms with E-state index in [1.165, 1.54) is 0 Å². The van der Waals surface area contributed by atoms with Crippen LogP contribution in [0.4, 0.5) is 0 Å². The van der Waals surface area contributed by atoms with Crippen molar-refractivity contribution in [1.82, 2.24) is 4.57 Å². The maximum absolute atomic E-state index is 13.9. The average molecular weight is 448 g/mol. The Bertz CT molecular complexity index is 1140. The summed E-state index contributed by atoms with van der Waals surface area (Å²) in [6.45, 7) is 27.3. The van der Waals surface area contributed by atoms with Crippen LogP contribution in [0.1, 0.15) is 60.9 Å². The average Bonchev–Trinajstić information content (AvgIpc) is 3.08. The van der Waals surface area contributed by atoms with Gasteiger partial charge in [0.05, 0.1) is 0 Å². The largest absolute Gasteiger partial charge is 0.328 e. The van der Waals surface area contributed by atoms with E-state index in [-0.39, 0.29) is 5.91 Å². The van der Waals surface area contributed by atoms with Gasteiger partial charge >= 0.3 is 5.91 Å². The second-order valence-electron chi connectivity index (χ2n) is 8.29. The molecule has 174 valence electrons. The van der Waals surface area contributed by atoms with Crippen molar-refractivity contribution >= 4 is 31.1 Å². The Hall–Kier alpha value is -3.26. The van der Waals surface area contributed by atoms with Crippen molar-refractivity contribution < 1.29 is 18.5 Å². The van der Waals surface area contributed by atoms with Gasteiger partial charge in [0.2, 0.25) is 5.71 Å². The van der Waals surface area contributed by atoms with E-state index in [0.29, 0.717) is 18.7 Å². The Morgan fingerprint density at radius 2 is 1.76 bits per heavy atom. The van der Waals surface area contributed by atoms with Crippen LogP contribution in [0.15, 0.2) is 42.0 Å². The Balaban J connectivity index is 2.90. The van der Waals surface area contributed by atoms with Gasteiger partial charge in [0.25, 0.3) is 5.70 Å². The molecule has 0 N–H and O–H groups in total. The van der Waals surface area contributed by atoms with Crippen molar-refractivity contribution in [2.45, 2.75) is 47.0 Å². The molecule has 0 amide bonds. The molecule has 0 aliphatic carbocycles. The summed E-state index contributed by atoms with van der Waals surface area (Å²) in [4.78, 5) is 13.9. The van der Waals surface area contributed by atoms with Gasteiger partial charge in [-0.3, -0.25) is 9.36 Å². The minimum atomic E-state index is -0.0441. The van der Waals surface area contributed by atoms with E-state index in [1.54, 1.807) is 4.58 Å². The van der Waals surface area contributed by atoms with Crippen molar-refractivity contribution in [3.8, 4) is 0 Å². The molecule has 0 saturated heterocycles. The van der Waals surface area contributed by atoms with Gasteiger partial charge in [-0.25, -0.2) is 13.7 Å². The molecule has 0 bridgehead atoms. The van der Waals surface area contributed by atoms with Gasteiger partial charge < -0.3 is 0 Å². The second kappa shape index (κ2) is 11.6. The summed E-state index contributed by atoms with van der Waals surface area (Å²) >= 11 is 0. The Morgan fingerprint density at radius 3 is 2.30 bits per heavy atom. The number of allylic oxidation sites excluding steroid dienone is 3. The topological polar surface area (TPSA) is 31.0 Å². The molecule has 5 heteroatoms. The van der Waals surface area contributed by atoms with E-state index >= 15 is 0 Å². The standard InChI is InChI=1S/C28H39N4O/c1-10-15-18-24-25(30(8)13-4)26-23(17-11-2)22(19-16-20-29(7)12-3)21(6)32(26)28(33)27(24)31(9)14-5/h15,17H,1-2,7,9,12-14,16,18-20H2,3-6,8H3/q+3. The van der Waals surface area contributed by atoms with Crippen LogP contribution < -0.4 is 0 Å². The summed E-state index contributed by atoms with van der Waals surface area (Å²) in [5, 5.41) is 0. The number of aromatic nitrogens is 1. The summed E-state index contributed by atoms with van der Waals surface area (Å²) in [5.74, 6) is -0.0441. The SMILES string of the molecule is C=C=CCC1=C([N+](=C)CC)C(=O)n2c(C)c(CCC[N+](=C)CC)c(C=C=C)c2C1=[N+](C)CC. The van der Waals surface area contributed by atoms with Crippen LogP contribution in [0.3, 0.4) is 0 Å². The number of likely N-dealkylation sites (N-methyl/N-ethyl adjacent to an activating group) is 1. The number of carbonyl (C=O) groups is 1. The maximum Gasteiger partial charge on any atom is 0.328 e. The van der Waals surface area contributed by atoms with Gasteiger partial charge in [-0.15, -0.1) is 11.5 Å². The molecule has 2 heterocycles. The fourth-order valence-corrected chi connectivity index (χ4v) is 4.37. The first kappa shape index (κ1) is 26.0. The zero-order chi connectivity index (χ0) is 24.7. The van der Waals surface area contributed by atoms with Crippen molar-refractivity contribution in [3.05, 3.63) is 64.5 Å². The fraction of sp³-hybridized carbons (Fsp3) is 0.429. The van der Waals surface area contributed by atoms with E-state index in [9.17, 15) is 4.79 Å². The van der Waals surface area contributed by atoms with E-state index in [2.05, 4.69) is 68.1 Å². The van der Waals surface area contributed by atoms with Crippen molar-refractivity contribution in [1.29, 1.82) is 0 Å². The van der Waals surface area contributed by atoms with Gasteiger partial charge in [0.15, 0.2) is 0 Å². The highest BCUT2D eigenvalue weighted by molar-refractivity contribution is 6.20. The molecular weight excluding hydrogens is 408 g/mol. The molecule has 0 spiro atoms. The second-order valence-corrected chi connectivity index (χ2v) is 8.29. The van der Waals surface area contributed by atoms with Crippen LogP contribution in [-0.2, 0) is 6.42 Å². The Morgan fingerprint density at radius 1 is 1.06 bits per heavy atom. The highest BCUT2D eigenvalue weighted by atomic mass is 16.2. The molecule has 0 aromatic carbocycles. The monoisotopic (exact) mass is 447 g/mol. The van der Waals surface area contributed by atoms with E-state index in [4.69, 9.17) is 0 Å². The van der Waals surface area contributed by atoms with Gasteiger partial charge in [0.1, 0.15) is 57.9 Å². The first-order valence-electron chi connectivity index (χ1n) is 11.7. The van der Waals surface area contributed by atoms with Crippen molar-refractivity contribution in [2.75, 3.05) is 33.2 Å². The Labute approximate surface area is 199 Å². The third-order valence-electron chi connectivity index (χ3n) is 6.38. The molecule has 0 radical (unpaired) electrons. The predicted molar refractivity (Wildman–Crippen MR) is 139 cm³/mol. The molecule has 0 unspecified atom stereocenters. The third-order valence-corrected chi connectivity index (χ3v) is 6.38. The number of hydrogen-bond donors (Lipinski definition) is 0. The summed E-state index contributed by atoms with van der Waals surface area (Å²) in [5.41, 5.74) is 12.5. The van der Waals surface area contributed by atoms with Gasteiger partial charge in [-0.05, 0) is 51.8 Å². The van der Waals surface area contributed by atoms with Crippen LogP contribution >= 0.6 is 0 Å². The van der Waals surface area contributed by atoms with Crippen LogP contribution in [0, 0.1) is 6.92 Å². The molecule has 1 aromatic heterocycles. The zero-order valence-electron chi connectivity index (χ0n) is 21.1. The molecule has 1 aliphatic rings. The van der Waals surface area contributed by atoms with Crippen molar-refractivity contribution in [3.63, 3.8) is 0 Å². The lowest BCUT2D eigenvalue weighted by Gasteiger charge is -2.20. The molecular formula is C28H39N4O+3. The van der Waals surface area contributed by atoms with E-state index in [0.717, 1.165) is 66.3 Å². The number of nitrogens with zero attached hydrogens (tertiary/aromatic N) is 4. The molecule has 2 rings (SSSR count). The minimum Gasteiger partial charge on any atom is -0.269 e. The lowest BCUT2D eigenvalue weighted by atomic mass is 9.93. The first-order chi connectivity index (χ1) is 15.8. The highest BCUT2D eigenvalue weighted by Crippen LogP contribution is 2.34. The Kier molecular flexibility index (Phi) is 9.11. The molecule has 0 saturated carbocycles. The van der Waals surface area contributed by atoms with Crippen LogP contribution in [0.2, 0.25) is 0 Å². The van der Waals surface area contributed by atoms with Crippen LogP contribution in [0.25, 0.3) is 6.08 Å². The normalized spacial score (nSPS) is 14.4. The number of carbonyl (C=O) groups excluding carboxylic acids is 1. The third kappa shape index (κ3) is 5.06. The van der Waals surface area contributed by atoms with Gasteiger partial charge in [-0.1, -0.05) is 13.2 Å². The fourth-order valence-electron chi connectivity index (χ4n) is 4.37. The highest BCUT2D eigenvalue weighted by Gasteiger charge is 2.43. The van der Waals surface area contributed by atoms with Gasteiger partial charge in [0, 0.05) is 24.1 Å². The minimum absolute atomic E-state index is 0.0441. The lowest BCUT2D eigenvalue weighted by Crippen LogP contribution is -2.37. The van der Waals surface area contributed by atoms with E-state index in [1.807, 2.05) is 30.6 Å². The predicted octanol–water partition coefficient (Wildman–Crippen LogP) is 4.08.